The van der Waals surface area contributed by atoms with E-state index >= 15 is 0 Å². The van der Waals surface area contributed by atoms with E-state index in [4.69, 9.17) is 14.9 Å². The van der Waals surface area contributed by atoms with E-state index in [9.17, 15) is 19.2 Å². The zero-order valence-electron chi connectivity index (χ0n) is 35.4. The lowest BCUT2D eigenvalue weighted by molar-refractivity contribution is -0.147. The number of carbonyl (C=O) groups excluding carboxylic acids is 3. The van der Waals surface area contributed by atoms with E-state index in [1.54, 1.807) is 0 Å². The van der Waals surface area contributed by atoms with E-state index in [2.05, 4.69) is 73.1 Å². The number of esters is 1. The predicted molar refractivity (Wildman–Crippen MR) is 231 cm³/mol. The second-order valence-corrected chi connectivity index (χ2v) is 14.8. The van der Waals surface area contributed by atoms with E-state index in [0.717, 1.165) is 51.4 Å². The van der Waals surface area contributed by atoms with Crippen LogP contribution in [0.5, 0.6) is 0 Å². The van der Waals surface area contributed by atoms with Crippen LogP contribution in [0.4, 0.5) is 0 Å². The zero-order chi connectivity index (χ0) is 41.2. The molecule has 9 heteroatoms. The molecule has 0 heterocycles. The van der Waals surface area contributed by atoms with Crippen molar-refractivity contribution in [1.29, 1.82) is 0 Å². The summed E-state index contributed by atoms with van der Waals surface area (Å²) >= 11 is 0. The van der Waals surface area contributed by atoms with Crippen molar-refractivity contribution >= 4 is 23.8 Å². The number of nitrogens with one attached hydrogen (secondary N) is 2. The number of ether oxygens (including phenoxy) is 1. The first-order valence-electron chi connectivity index (χ1n) is 22.2. The molecular formula is C47H80N2O7. The van der Waals surface area contributed by atoms with Crippen molar-refractivity contribution < 1.29 is 34.1 Å². The molecule has 0 aromatic rings. The zero-order valence-corrected chi connectivity index (χ0v) is 35.4. The highest BCUT2D eigenvalue weighted by molar-refractivity contribution is 5.87. The number of carbonyl (C=O) groups is 4. The Kier molecular flexibility index (Phi) is 38.6. The second-order valence-electron chi connectivity index (χ2n) is 14.8. The van der Waals surface area contributed by atoms with Crippen LogP contribution < -0.4 is 10.6 Å². The molecule has 56 heavy (non-hydrogen) atoms. The number of carboxylic acids is 1. The van der Waals surface area contributed by atoms with Gasteiger partial charge in [-0.25, -0.2) is 4.79 Å². The highest BCUT2D eigenvalue weighted by Gasteiger charge is 2.19. The van der Waals surface area contributed by atoms with Gasteiger partial charge in [0.05, 0.1) is 13.2 Å². The number of hydrogen-bond donors (Lipinski definition) is 4. The molecule has 2 atom stereocenters. The number of hydrogen-bond acceptors (Lipinski definition) is 6. The number of amides is 2. The third-order valence-corrected chi connectivity index (χ3v) is 9.51. The molecule has 0 radical (unpaired) electrons. The molecule has 9 nitrogen and oxygen atoms in total. The van der Waals surface area contributed by atoms with Gasteiger partial charge in [-0.3, -0.25) is 14.4 Å². The summed E-state index contributed by atoms with van der Waals surface area (Å²) in [6.45, 7) is 3.29. The maximum absolute atomic E-state index is 12.8. The minimum Gasteiger partial charge on any atom is -0.480 e. The first-order valence-corrected chi connectivity index (χ1v) is 22.2. The van der Waals surface area contributed by atoms with E-state index in [1.807, 2.05) is 12.2 Å². The van der Waals surface area contributed by atoms with E-state index in [0.29, 0.717) is 25.7 Å². The summed E-state index contributed by atoms with van der Waals surface area (Å²) in [5.41, 5.74) is 0. The largest absolute Gasteiger partial charge is 0.480 e. The Morgan fingerprint density at radius 1 is 0.554 bits per heavy atom. The normalized spacial score (nSPS) is 13.1. The Morgan fingerprint density at radius 2 is 1.00 bits per heavy atom. The van der Waals surface area contributed by atoms with Gasteiger partial charge >= 0.3 is 11.9 Å². The van der Waals surface area contributed by atoms with Crippen LogP contribution in [0.15, 0.2) is 60.8 Å². The number of rotatable bonds is 39. The van der Waals surface area contributed by atoms with Crippen molar-refractivity contribution in [2.75, 3.05) is 13.2 Å². The summed E-state index contributed by atoms with van der Waals surface area (Å²) in [5.74, 6) is -2.57. The fourth-order valence-electron chi connectivity index (χ4n) is 6.13. The number of allylic oxidation sites excluding steroid dienone is 9. The topological polar surface area (TPSA) is 142 Å². The third kappa shape index (κ3) is 37.5. The number of aliphatic hydroxyl groups is 1. The van der Waals surface area contributed by atoms with Gasteiger partial charge in [0.1, 0.15) is 12.1 Å². The Hall–Kier alpha value is -3.46. The highest BCUT2D eigenvalue weighted by atomic mass is 16.5. The molecule has 0 aromatic carbocycles. The lowest BCUT2D eigenvalue weighted by Gasteiger charge is -2.15. The van der Waals surface area contributed by atoms with Crippen molar-refractivity contribution in [3.63, 3.8) is 0 Å². The summed E-state index contributed by atoms with van der Waals surface area (Å²) in [5, 5.41) is 22.6. The van der Waals surface area contributed by atoms with Crippen LogP contribution >= 0.6 is 0 Å². The standard InChI is InChI=1S/C47H80N2O7/c1-3-5-7-9-11-13-15-17-19-20-21-23-25-27-29-31-33-39-46(53)56-42(36-32-30-28-26-24-22-18-16-14-12-10-8-6-4-2)37-34-35-38-44(51)48-40-45(52)49-43(41-50)47(54)55/h6,8,12,14,18,22,26,28,32,36,42-43,50H,3-5,7,9-11,13,15-17,19-21,23-25,27,29-31,33-35,37-41H2,1-2H3,(H,48,51)(H,49,52)(H,54,55)/b8-6-,14-12-,22-18-,28-26-,36-32-. The summed E-state index contributed by atoms with van der Waals surface area (Å²) in [4.78, 5) is 47.8. The fraction of sp³-hybridized carbons (Fsp3) is 0.702. The van der Waals surface area contributed by atoms with Crippen molar-refractivity contribution in [1.82, 2.24) is 10.6 Å². The Balaban J connectivity index is 4.48. The molecule has 0 aliphatic heterocycles. The van der Waals surface area contributed by atoms with Crippen molar-refractivity contribution in [3.05, 3.63) is 60.8 Å². The van der Waals surface area contributed by atoms with E-state index in [1.165, 1.54) is 89.9 Å². The molecule has 2 amide bonds. The lowest BCUT2D eigenvalue weighted by Crippen LogP contribution is -2.47. The van der Waals surface area contributed by atoms with Crippen LogP contribution in [0, 0.1) is 0 Å². The first-order chi connectivity index (χ1) is 27.3. The molecule has 0 aromatic heterocycles. The smallest absolute Gasteiger partial charge is 0.328 e. The van der Waals surface area contributed by atoms with Crippen LogP contribution in [0.3, 0.4) is 0 Å². The maximum atomic E-state index is 12.8. The Morgan fingerprint density at radius 3 is 1.46 bits per heavy atom. The third-order valence-electron chi connectivity index (χ3n) is 9.51. The van der Waals surface area contributed by atoms with Crippen LogP contribution in [0.2, 0.25) is 0 Å². The summed E-state index contributed by atoms with van der Waals surface area (Å²) in [7, 11) is 0. The lowest BCUT2D eigenvalue weighted by atomic mass is 10.0. The second kappa shape index (κ2) is 41.2. The van der Waals surface area contributed by atoms with Gasteiger partial charge in [-0.15, -0.1) is 0 Å². The average Bonchev–Trinajstić information content (AvgIpc) is 3.18. The molecule has 0 spiro atoms. The summed E-state index contributed by atoms with van der Waals surface area (Å²) in [6, 6.07) is -1.41. The molecule has 0 bridgehead atoms. The van der Waals surface area contributed by atoms with Crippen LogP contribution in [0.25, 0.3) is 0 Å². The predicted octanol–water partition coefficient (Wildman–Crippen LogP) is 10.9. The number of unbranched alkanes of at least 4 members (excludes halogenated alkanes) is 17. The monoisotopic (exact) mass is 785 g/mol. The quantitative estimate of drug-likeness (QED) is 0.0276. The SMILES string of the molecule is CC/C=C\C/C=C\C/C=C\C/C=C\C/C=C\C(CCCCC(=O)NCC(=O)NC(CO)C(=O)O)OC(=O)CCCCCCCCCCCCCCCCCCC. The molecule has 2 unspecified atom stereocenters. The van der Waals surface area contributed by atoms with Crippen LogP contribution in [-0.2, 0) is 23.9 Å². The molecule has 0 aliphatic carbocycles. The van der Waals surface area contributed by atoms with Gasteiger partial charge in [-0.1, -0.05) is 171 Å². The minimum atomic E-state index is -1.41. The van der Waals surface area contributed by atoms with Crippen LogP contribution in [-0.4, -0.2) is 59.3 Å². The van der Waals surface area contributed by atoms with Gasteiger partial charge in [0.2, 0.25) is 11.8 Å². The van der Waals surface area contributed by atoms with Gasteiger partial charge in [0.15, 0.2) is 0 Å². The van der Waals surface area contributed by atoms with Gasteiger partial charge in [-0.2, -0.15) is 0 Å². The molecule has 0 aliphatic rings. The van der Waals surface area contributed by atoms with E-state index in [-0.39, 0.29) is 30.9 Å². The number of carboxylic acid groups (broad SMARTS) is 1. The molecule has 0 saturated heterocycles. The molecule has 0 rings (SSSR count). The maximum Gasteiger partial charge on any atom is 0.328 e. The fourth-order valence-corrected chi connectivity index (χ4v) is 6.13. The van der Waals surface area contributed by atoms with Gasteiger partial charge in [0.25, 0.3) is 0 Å². The van der Waals surface area contributed by atoms with Crippen molar-refractivity contribution in [3.8, 4) is 0 Å². The van der Waals surface area contributed by atoms with Gasteiger partial charge in [-0.05, 0) is 63.9 Å². The molecule has 4 N–H and O–H groups in total. The molecule has 320 valence electrons. The van der Waals surface area contributed by atoms with Crippen molar-refractivity contribution in [2.45, 2.75) is 199 Å². The molecule has 0 fully saturated rings. The van der Waals surface area contributed by atoms with Gasteiger partial charge < -0.3 is 25.6 Å². The molecule has 0 saturated carbocycles. The number of aliphatic carboxylic acids is 1. The highest BCUT2D eigenvalue weighted by Crippen LogP contribution is 2.16. The molecular weight excluding hydrogens is 705 g/mol. The van der Waals surface area contributed by atoms with Gasteiger partial charge in [0, 0.05) is 12.8 Å². The Labute approximate surface area is 341 Å². The minimum absolute atomic E-state index is 0.182. The number of aliphatic hydroxyl groups excluding tert-OH is 1. The van der Waals surface area contributed by atoms with E-state index < -0.39 is 24.5 Å². The van der Waals surface area contributed by atoms with Crippen molar-refractivity contribution in [2.24, 2.45) is 0 Å². The summed E-state index contributed by atoms with van der Waals surface area (Å²) < 4.78 is 5.85. The first kappa shape index (κ1) is 52.5. The average molecular weight is 785 g/mol. The van der Waals surface area contributed by atoms with Crippen LogP contribution in [0.1, 0.15) is 187 Å². The Bertz CT molecular complexity index is 1130. The summed E-state index contributed by atoms with van der Waals surface area (Å²) in [6.07, 6.45) is 49.7.